The van der Waals surface area contributed by atoms with Crippen molar-refractivity contribution in [1.82, 2.24) is 0 Å². The van der Waals surface area contributed by atoms with E-state index in [0.29, 0.717) is 0 Å². The molecule has 0 heterocycles. The third-order valence-electron chi connectivity index (χ3n) is 1.31. The van der Waals surface area contributed by atoms with E-state index in [1.165, 1.54) is 12.1 Å². The fourth-order valence-electron chi connectivity index (χ4n) is 0.705. The van der Waals surface area contributed by atoms with Gasteiger partial charge in [0, 0.05) is 0 Å². The van der Waals surface area contributed by atoms with Crippen molar-refractivity contribution in [1.29, 1.82) is 0 Å². The molecule has 0 aromatic heterocycles. The quantitative estimate of drug-likeness (QED) is 0.559. The Morgan fingerprint density at radius 3 is 1.92 bits per heavy atom. The van der Waals surface area contributed by atoms with Crippen LogP contribution in [0.1, 0.15) is 5.56 Å². The molecule has 0 aliphatic heterocycles. The number of hydrogen-bond donors (Lipinski definition) is 0. The maximum atomic E-state index is 10.4. The van der Waals surface area contributed by atoms with Crippen molar-refractivity contribution in [2.75, 3.05) is 0 Å². The fourth-order valence-corrected chi connectivity index (χ4v) is 1.17. The van der Waals surface area contributed by atoms with Crippen molar-refractivity contribution < 1.29 is 13.0 Å². The molecule has 0 spiro atoms. The first kappa shape index (κ1) is 11.9. The second kappa shape index (κ2) is 4.25. The van der Waals surface area contributed by atoms with Crippen LogP contribution in [0.3, 0.4) is 0 Å². The molecule has 3 nitrogen and oxygen atoms in total. The molecule has 0 aliphatic rings. The minimum absolute atomic E-state index is 0. The van der Waals surface area contributed by atoms with Crippen LogP contribution in [0, 0.1) is 6.92 Å². The molecule has 0 fully saturated rings. The first-order valence-electron chi connectivity index (χ1n) is 3.03. The standard InChI is InChI=1S/C7H8O3S.Sn/c1-6-2-4-7(5-3-6)11(8,9)10;/h2-5H,1H3,(H,8,9,10);/q;+1/p-1. The Bertz CT molecular complexity index is 341. The Kier molecular flexibility index (Phi) is 4.22. The predicted molar refractivity (Wildman–Crippen MR) is 44.9 cm³/mol. The van der Waals surface area contributed by atoms with E-state index < -0.39 is 10.1 Å². The molecule has 0 bridgehead atoms. The topological polar surface area (TPSA) is 57.2 Å². The summed E-state index contributed by atoms with van der Waals surface area (Å²) in [6, 6.07) is 5.78. The van der Waals surface area contributed by atoms with Gasteiger partial charge in [-0.2, -0.15) is 0 Å². The van der Waals surface area contributed by atoms with Crippen molar-refractivity contribution >= 4 is 34.0 Å². The maximum Gasteiger partial charge on any atom is 1.00 e. The van der Waals surface area contributed by atoms with Gasteiger partial charge < -0.3 is 4.55 Å². The summed E-state index contributed by atoms with van der Waals surface area (Å²) in [6.07, 6.45) is 0. The molecule has 63 valence electrons. The molecule has 1 aromatic carbocycles. The van der Waals surface area contributed by atoms with Gasteiger partial charge in [-0.25, -0.2) is 8.42 Å². The summed E-state index contributed by atoms with van der Waals surface area (Å²) in [5.41, 5.74) is 0.928. The third-order valence-corrected chi connectivity index (χ3v) is 2.16. The Hall–Kier alpha value is -0.0713. The molecule has 0 atom stereocenters. The van der Waals surface area contributed by atoms with Gasteiger partial charge >= 0.3 is 23.9 Å². The average Bonchev–Trinajstić information content (AvgIpc) is 1.86. The van der Waals surface area contributed by atoms with E-state index in [-0.39, 0.29) is 28.8 Å². The molecule has 1 rings (SSSR count). The van der Waals surface area contributed by atoms with Crippen LogP contribution < -0.4 is 0 Å². The Morgan fingerprint density at radius 2 is 1.58 bits per heavy atom. The Balaban J connectivity index is 0.00000121. The summed E-state index contributed by atoms with van der Waals surface area (Å²) in [6.45, 7) is 1.82. The molecule has 0 saturated heterocycles. The molecule has 0 amide bonds. The van der Waals surface area contributed by atoms with E-state index in [2.05, 4.69) is 0 Å². The van der Waals surface area contributed by atoms with E-state index in [9.17, 15) is 13.0 Å². The van der Waals surface area contributed by atoms with Crippen LogP contribution in [-0.4, -0.2) is 36.9 Å². The largest absolute Gasteiger partial charge is 1.00 e. The first-order valence-corrected chi connectivity index (χ1v) is 4.43. The molecular weight excluding hydrogens is 283 g/mol. The molecule has 0 saturated carbocycles. The van der Waals surface area contributed by atoms with Gasteiger partial charge in [0.05, 0.1) is 4.90 Å². The van der Waals surface area contributed by atoms with Crippen molar-refractivity contribution in [2.24, 2.45) is 0 Å². The minimum atomic E-state index is -4.27. The summed E-state index contributed by atoms with van der Waals surface area (Å²) in [5, 5.41) is 0. The van der Waals surface area contributed by atoms with Crippen LogP contribution in [0.4, 0.5) is 0 Å². The van der Waals surface area contributed by atoms with E-state index in [0.717, 1.165) is 5.56 Å². The van der Waals surface area contributed by atoms with Gasteiger partial charge in [-0.1, -0.05) is 17.7 Å². The van der Waals surface area contributed by atoms with Crippen LogP contribution in [0.25, 0.3) is 0 Å². The second-order valence-electron chi connectivity index (χ2n) is 2.27. The van der Waals surface area contributed by atoms with Crippen LogP contribution in [0.5, 0.6) is 0 Å². The monoisotopic (exact) mass is 291 g/mol. The zero-order valence-corrected chi connectivity index (χ0v) is 10.1. The average molecular weight is 290 g/mol. The van der Waals surface area contributed by atoms with Crippen LogP contribution >= 0.6 is 0 Å². The van der Waals surface area contributed by atoms with Crippen LogP contribution in [-0.2, 0) is 10.1 Å². The zero-order chi connectivity index (χ0) is 8.48. The van der Waals surface area contributed by atoms with Crippen molar-refractivity contribution in [3.8, 4) is 0 Å². The Morgan fingerprint density at radius 1 is 1.17 bits per heavy atom. The second-order valence-corrected chi connectivity index (χ2v) is 3.65. The third kappa shape index (κ3) is 3.12. The number of aryl methyl sites for hydroxylation is 1. The summed E-state index contributed by atoms with van der Waals surface area (Å²) in [5.74, 6) is 0. The maximum absolute atomic E-state index is 10.4. The number of benzene rings is 1. The van der Waals surface area contributed by atoms with Gasteiger partial charge in [0.15, 0.2) is 0 Å². The zero-order valence-electron chi connectivity index (χ0n) is 6.44. The van der Waals surface area contributed by atoms with E-state index in [1.807, 2.05) is 6.92 Å². The molecule has 0 aliphatic carbocycles. The summed E-state index contributed by atoms with van der Waals surface area (Å²) < 4.78 is 31.2. The summed E-state index contributed by atoms with van der Waals surface area (Å²) in [7, 11) is -4.27. The van der Waals surface area contributed by atoms with E-state index in [4.69, 9.17) is 0 Å². The van der Waals surface area contributed by atoms with Gasteiger partial charge in [0.25, 0.3) is 0 Å². The normalized spacial score (nSPS) is 10.5. The van der Waals surface area contributed by atoms with E-state index >= 15 is 0 Å². The van der Waals surface area contributed by atoms with Gasteiger partial charge in [-0.3, -0.25) is 0 Å². The predicted octanol–water partition coefficient (Wildman–Crippen LogP) is 0.518. The van der Waals surface area contributed by atoms with Gasteiger partial charge in [-0.15, -0.1) is 0 Å². The molecular formula is C7H7O3SSn. The summed E-state index contributed by atoms with van der Waals surface area (Å²) in [4.78, 5) is -0.178. The molecule has 5 heteroatoms. The van der Waals surface area contributed by atoms with Crippen molar-refractivity contribution in [2.45, 2.75) is 11.8 Å². The number of rotatable bonds is 1. The molecule has 0 N–H and O–H groups in total. The SMILES string of the molecule is Cc1ccc(S(=O)(=O)[O-])cc1.[Sn+]. The van der Waals surface area contributed by atoms with Crippen molar-refractivity contribution in [3.63, 3.8) is 0 Å². The van der Waals surface area contributed by atoms with Gasteiger partial charge in [0.2, 0.25) is 0 Å². The minimum Gasteiger partial charge on any atom is -0.744 e. The van der Waals surface area contributed by atoms with Gasteiger partial charge in [0.1, 0.15) is 10.1 Å². The molecule has 0 unspecified atom stereocenters. The number of hydrogen-bond acceptors (Lipinski definition) is 3. The molecule has 1 aromatic rings. The molecule has 12 heavy (non-hydrogen) atoms. The Labute approximate surface area is 88.5 Å². The fraction of sp³-hybridized carbons (Fsp3) is 0.143. The van der Waals surface area contributed by atoms with Crippen LogP contribution in [0.15, 0.2) is 29.2 Å². The summed E-state index contributed by atoms with van der Waals surface area (Å²) >= 11 is 0. The smallest absolute Gasteiger partial charge is 0.744 e. The molecule has 3 radical (unpaired) electrons. The first-order chi connectivity index (χ1) is 5.00. The van der Waals surface area contributed by atoms with Crippen molar-refractivity contribution in [3.05, 3.63) is 29.8 Å². The van der Waals surface area contributed by atoms with E-state index in [1.54, 1.807) is 12.1 Å². The van der Waals surface area contributed by atoms with Gasteiger partial charge in [-0.05, 0) is 19.1 Å². The van der Waals surface area contributed by atoms with Crippen LogP contribution in [0.2, 0.25) is 0 Å².